The highest BCUT2D eigenvalue weighted by Crippen LogP contribution is 2.42. The summed E-state index contributed by atoms with van der Waals surface area (Å²) in [7, 11) is 0. The van der Waals surface area contributed by atoms with E-state index in [2.05, 4.69) is 0 Å². The van der Waals surface area contributed by atoms with Crippen LogP contribution in [0.2, 0.25) is 0 Å². The lowest BCUT2D eigenvalue weighted by atomic mass is 9.99. The van der Waals surface area contributed by atoms with Crippen LogP contribution in [0.3, 0.4) is 0 Å². The molecule has 7 N–H and O–H groups in total. The number of ether oxygens (including phenoxy) is 2. The Bertz CT molecular complexity index is 628. The van der Waals surface area contributed by atoms with E-state index in [0.29, 0.717) is 0 Å². The molecule has 134 valence electrons. The first-order valence-electron chi connectivity index (χ1n) is 6.95. The minimum atomic E-state index is -1.75. The van der Waals surface area contributed by atoms with Gasteiger partial charge in [0.25, 0.3) is 0 Å². The van der Waals surface area contributed by atoms with Crippen molar-refractivity contribution < 1.29 is 50.0 Å². The monoisotopic (exact) mass is 346 g/mol. The van der Waals surface area contributed by atoms with Crippen LogP contribution < -0.4 is 4.74 Å². The lowest BCUT2D eigenvalue weighted by molar-refractivity contribution is -0.277. The van der Waals surface area contributed by atoms with E-state index in [-0.39, 0.29) is 11.1 Å². The Morgan fingerprint density at radius 1 is 1.21 bits per heavy atom. The summed E-state index contributed by atoms with van der Waals surface area (Å²) in [6.45, 7) is 0.595. The molecule has 0 bridgehead atoms. The number of aromatic hydroxyl groups is 2. The Morgan fingerprint density at radius 3 is 2.38 bits per heavy atom. The molecule has 5 atom stereocenters. The highest BCUT2D eigenvalue weighted by atomic mass is 16.7. The quantitative estimate of drug-likeness (QED) is 0.332. The lowest BCUT2D eigenvalue weighted by Crippen LogP contribution is -2.60. The van der Waals surface area contributed by atoms with Crippen molar-refractivity contribution in [1.82, 2.24) is 0 Å². The zero-order valence-corrected chi connectivity index (χ0v) is 12.5. The zero-order chi connectivity index (χ0) is 18.2. The van der Waals surface area contributed by atoms with Crippen molar-refractivity contribution >= 4 is 5.97 Å². The predicted molar refractivity (Wildman–Crippen MR) is 75.9 cm³/mol. The van der Waals surface area contributed by atoms with Crippen molar-refractivity contribution in [3.63, 3.8) is 0 Å². The van der Waals surface area contributed by atoms with Gasteiger partial charge in [-0.3, -0.25) is 0 Å². The van der Waals surface area contributed by atoms with Crippen LogP contribution in [0.15, 0.2) is 6.07 Å². The van der Waals surface area contributed by atoms with Gasteiger partial charge in [-0.2, -0.15) is 0 Å². The summed E-state index contributed by atoms with van der Waals surface area (Å²) in [5, 5.41) is 67.2. The molecule has 0 radical (unpaired) electrons. The smallest absolute Gasteiger partial charge is 0.336 e. The zero-order valence-electron chi connectivity index (χ0n) is 12.5. The topological polar surface area (TPSA) is 177 Å². The minimum absolute atomic E-state index is 0.0973. The number of rotatable bonds is 4. The molecule has 1 heterocycles. The Labute approximate surface area is 135 Å². The van der Waals surface area contributed by atoms with E-state index < -0.39 is 60.5 Å². The molecular formula is C14H18O10. The van der Waals surface area contributed by atoms with Crippen LogP contribution in [0.1, 0.15) is 15.9 Å². The second-order valence-electron chi connectivity index (χ2n) is 5.37. The number of carbonyl (C=O) groups is 1. The number of carboxylic acids is 1. The average molecular weight is 346 g/mol. The fourth-order valence-corrected chi connectivity index (χ4v) is 2.35. The van der Waals surface area contributed by atoms with Gasteiger partial charge in [0.15, 0.2) is 11.5 Å². The van der Waals surface area contributed by atoms with Crippen molar-refractivity contribution in [3.8, 4) is 17.2 Å². The van der Waals surface area contributed by atoms with Gasteiger partial charge in [-0.05, 0) is 13.0 Å². The largest absolute Gasteiger partial charge is 0.504 e. The second kappa shape index (κ2) is 6.79. The van der Waals surface area contributed by atoms with Gasteiger partial charge in [-0.15, -0.1) is 0 Å². The van der Waals surface area contributed by atoms with Crippen molar-refractivity contribution in [1.29, 1.82) is 0 Å². The first kappa shape index (κ1) is 18.2. The van der Waals surface area contributed by atoms with E-state index in [1.165, 1.54) is 6.92 Å². The summed E-state index contributed by atoms with van der Waals surface area (Å²) >= 11 is 0. The van der Waals surface area contributed by atoms with Crippen LogP contribution in [-0.2, 0) is 4.74 Å². The molecule has 0 aromatic heterocycles. The Balaban J connectivity index is 2.34. The third-order valence-corrected chi connectivity index (χ3v) is 3.80. The number of aliphatic hydroxyl groups excluding tert-OH is 4. The molecule has 1 aliphatic rings. The van der Waals surface area contributed by atoms with Crippen molar-refractivity contribution in [2.24, 2.45) is 0 Å². The molecule has 2 rings (SSSR count). The molecule has 0 aliphatic carbocycles. The summed E-state index contributed by atoms with van der Waals surface area (Å²) in [5.41, 5.74) is -0.453. The van der Waals surface area contributed by atoms with E-state index >= 15 is 0 Å². The minimum Gasteiger partial charge on any atom is -0.504 e. The molecule has 1 aromatic carbocycles. The maximum absolute atomic E-state index is 11.0. The fourth-order valence-electron chi connectivity index (χ4n) is 2.35. The molecule has 0 spiro atoms. The number of benzene rings is 1. The Kier molecular flexibility index (Phi) is 5.16. The molecule has 1 aliphatic heterocycles. The van der Waals surface area contributed by atoms with Crippen LogP contribution in [0.5, 0.6) is 17.2 Å². The van der Waals surface area contributed by atoms with Crippen molar-refractivity contribution in [2.75, 3.05) is 6.61 Å². The summed E-state index contributed by atoms with van der Waals surface area (Å²) in [6.07, 6.45) is -7.92. The van der Waals surface area contributed by atoms with Gasteiger partial charge in [0.1, 0.15) is 24.4 Å². The highest BCUT2D eigenvalue weighted by Gasteiger charge is 2.45. The van der Waals surface area contributed by atoms with Gasteiger partial charge in [-0.25, -0.2) is 4.79 Å². The average Bonchev–Trinajstić information content (AvgIpc) is 2.54. The maximum atomic E-state index is 11.0. The summed E-state index contributed by atoms with van der Waals surface area (Å²) in [4.78, 5) is 11.0. The van der Waals surface area contributed by atoms with Gasteiger partial charge in [-0.1, -0.05) is 0 Å². The molecule has 0 amide bonds. The van der Waals surface area contributed by atoms with Gasteiger partial charge >= 0.3 is 5.97 Å². The SMILES string of the molecule is Cc1c(C(=O)O)cc(O)c(O[C@@H]2O[C@H](CO)[C@@H](O)[C@H](O)[C@H]2O)c1O. The Morgan fingerprint density at radius 2 is 1.83 bits per heavy atom. The molecule has 1 saturated heterocycles. The molecule has 10 nitrogen and oxygen atoms in total. The van der Waals surface area contributed by atoms with E-state index in [9.17, 15) is 30.3 Å². The molecule has 0 saturated carbocycles. The van der Waals surface area contributed by atoms with Gasteiger partial charge in [0.2, 0.25) is 12.0 Å². The van der Waals surface area contributed by atoms with Crippen LogP contribution in [0.25, 0.3) is 0 Å². The highest BCUT2D eigenvalue weighted by molar-refractivity contribution is 5.91. The van der Waals surface area contributed by atoms with Gasteiger partial charge < -0.3 is 45.2 Å². The van der Waals surface area contributed by atoms with Crippen LogP contribution >= 0.6 is 0 Å². The van der Waals surface area contributed by atoms with Crippen LogP contribution in [0, 0.1) is 6.92 Å². The maximum Gasteiger partial charge on any atom is 0.336 e. The summed E-state index contributed by atoms with van der Waals surface area (Å²) < 4.78 is 10.2. The van der Waals surface area contributed by atoms with E-state index in [1.54, 1.807) is 0 Å². The van der Waals surface area contributed by atoms with E-state index in [4.69, 9.17) is 19.7 Å². The summed E-state index contributed by atoms with van der Waals surface area (Å²) in [5.74, 6) is -3.36. The van der Waals surface area contributed by atoms with Crippen molar-refractivity contribution in [3.05, 3.63) is 17.2 Å². The third kappa shape index (κ3) is 3.09. The third-order valence-electron chi connectivity index (χ3n) is 3.80. The Hall–Kier alpha value is -2.11. The molecule has 10 heteroatoms. The number of aliphatic hydroxyl groups is 4. The number of phenols is 2. The number of hydrogen-bond acceptors (Lipinski definition) is 9. The number of phenolic OH excluding ortho intramolecular Hbond substituents is 2. The van der Waals surface area contributed by atoms with Gasteiger partial charge in [0, 0.05) is 5.56 Å². The van der Waals surface area contributed by atoms with E-state index in [0.717, 1.165) is 6.07 Å². The van der Waals surface area contributed by atoms with Crippen LogP contribution in [-0.4, -0.2) is 79.0 Å². The number of aromatic carboxylic acids is 1. The predicted octanol–water partition coefficient (Wildman–Crippen LogP) is -1.72. The standard InChI is InChI=1S/C14H18O10/c1-4-5(13(21)22)2-6(16)12(8(4)17)24-14-11(20)10(19)9(18)7(3-15)23-14/h2,7,9-11,14-20H,3H2,1H3,(H,21,22)/t7-,9-,10+,11-,14+/m1/s1. The van der Waals surface area contributed by atoms with E-state index in [1.807, 2.05) is 0 Å². The molecule has 1 fully saturated rings. The molecule has 1 aromatic rings. The molecule has 24 heavy (non-hydrogen) atoms. The number of hydrogen-bond donors (Lipinski definition) is 7. The molecular weight excluding hydrogens is 328 g/mol. The number of carboxylic acid groups (broad SMARTS) is 1. The summed E-state index contributed by atoms with van der Waals surface area (Å²) in [6, 6.07) is 0.844. The fraction of sp³-hybridized carbons (Fsp3) is 0.500. The van der Waals surface area contributed by atoms with Crippen molar-refractivity contribution in [2.45, 2.75) is 37.6 Å². The molecule has 0 unspecified atom stereocenters. The second-order valence-corrected chi connectivity index (χ2v) is 5.37. The van der Waals surface area contributed by atoms with Crippen LogP contribution in [0.4, 0.5) is 0 Å². The first-order valence-corrected chi connectivity index (χ1v) is 6.95. The normalized spacial score (nSPS) is 30.1. The first-order chi connectivity index (χ1) is 11.2. The van der Waals surface area contributed by atoms with Gasteiger partial charge in [0.05, 0.1) is 12.2 Å². The lowest BCUT2D eigenvalue weighted by Gasteiger charge is -2.39.